The minimum absolute atomic E-state index is 0.220. The first-order valence-electron chi connectivity index (χ1n) is 5.32. The molecule has 0 bridgehead atoms. The topological polar surface area (TPSA) is 29.5 Å². The molecule has 0 aromatic rings. The van der Waals surface area contributed by atoms with Crippen molar-refractivity contribution >= 4 is 0 Å². The van der Waals surface area contributed by atoms with Crippen LogP contribution in [0.2, 0.25) is 0 Å². The van der Waals surface area contributed by atoms with E-state index in [9.17, 15) is 5.11 Å². The lowest BCUT2D eigenvalue weighted by Crippen LogP contribution is -2.30. The van der Waals surface area contributed by atoms with Crippen LogP contribution in [0.4, 0.5) is 0 Å². The van der Waals surface area contributed by atoms with Crippen molar-refractivity contribution in [2.45, 2.75) is 38.2 Å². The molecule has 0 aromatic heterocycles. The van der Waals surface area contributed by atoms with Crippen LogP contribution in [0, 0.1) is 5.92 Å². The van der Waals surface area contributed by atoms with Gasteiger partial charge in [0.1, 0.15) is 0 Å². The Balaban J connectivity index is 1.90. The summed E-state index contributed by atoms with van der Waals surface area (Å²) in [5.74, 6) is 0.359. The fraction of sp³-hybridized carbons (Fsp3) is 0.818. The van der Waals surface area contributed by atoms with Gasteiger partial charge in [0.05, 0.1) is 12.7 Å². The van der Waals surface area contributed by atoms with Crippen LogP contribution in [0.15, 0.2) is 11.6 Å². The fourth-order valence-electron chi connectivity index (χ4n) is 2.28. The summed E-state index contributed by atoms with van der Waals surface area (Å²) < 4.78 is 5.38. The summed E-state index contributed by atoms with van der Waals surface area (Å²) in [6.45, 7) is 1.63. The molecule has 0 saturated carbocycles. The molecule has 0 spiro atoms. The summed E-state index contributed by atoms with van der Waals surface area (Å²) in [5.41, 5.74) is 1.26. The van der Waals surface area contributed by atoms with Crippen LogP contribution in [0.3, 0.4) is 0 Å². The van der Waals surface area contributed by atoms with E-state index in [1.54, 1.807) is 0 Å². The van der Waals surface area contributed by atoms with Crippen LogP contribution < -0.4 is 0 Å². The lowest BCUT2D eigenvalue weighted by molar-refractivity contribution is 0.00357. The van der Waals surface area contributed by atoms with Gasteiger partial charge in [0.2, 0.25) is 0 Å². The summed E-state index contributed by atoms with van der Waals surface area (Å²) in [4.78, 5) is 0. The average molecular weight is 182 g/mol. The quantitative estimate of drug-likeness (QED) is 0.661. The number of hydrogen-bond acceptors (Lipinski definition) is 2. The third kappa shape index (κ3) is 2.12. The molecule has 13 heavy (non-hydrogen) atoms. The first-order valence-corrected chi connectivity index (χ1v) is 5.32. The maximum Gasteiger partial charge on any atom is 0.0800 e. The predicted octanol–water partition coefficient (Wildman–Crippen LogP) is 1.88. The van der Waals surface area contributed by atoms with E-state index in [0.29, 0.717) is 5.92 Å². The number of aliphatic hydroxyl groups is 1. The van der Waals surface area contributed by atoms with Crippen molar-refractivity contribution in [1.82, 2.24) is 0 Å². The molecule has 0 aromatic carbocycles. The van der Waals surface area contributed by atoms with Crippen LogP contribution in [0.1, 0.15) is 32.1 Å². The highest BCUT2D eigenvalue weighted by Gasteiger charge is 2.25. The number of aliphatic hydroxyl groups excluding tert-OH is 1. The van der Waals surface area contributed by atoms with E-state index in [2.05, 4.69) is 6.08 Å². The molecule has 2 aliphatic rings. The zero-order valence-electron chi connectivity index (χ0n) is 8.04. The molecular weight excluding hydrogens is 164 g/mol. The molecule has 2 atom stereocenters. The van der Waals surface area contributed by atoms with Crippen molar-refractivity contribution in [3.8, 4) is 0 Å². The second-order valence-corrected chi connectivity index (χ2v) is 4.09. The number of allylic oxidation sites excluding steroid dienone is 1. The highest BCUT2D eigenvalue weighted by Crippen LogP contribution is 2.28. The zero-order valence-corrected chi connectivity index (χ0v) is 8.04. The largest absolute Gasteiger partial charge is 0.388 e. The maximum atomic E-state index is 10.0. The predicted molar refractivity (Wildman–Crippen MR) is 51.5 cm³/mol. The summed E-state index contributed by atoms with van der Waals surface area (Å²) in [6.07, 6.45) is 7.69. The van der Waals surface area contributed by atoms with E-state index in [-0.39, 0.29) is 6.10 Å². The molecule has 1 N–H and O–H groups in total. The lowest BCUT2D eigenvalue weighted by Gasteiger charge is -2.27. The SMILES string of the molecule is OC(C1=CCCC1)C1CCCOC1. The third-order valence-corrected chi connectivity index (χ3v) is 3.10. The molecule has 1 aliphatic heterocycles. The van der Waals surface area contributed by atoms with Gasteiger partial charge in [0.25, 0.3) is 0 Å². The maximum absolute atomic E-state index is 10.0. The van der Waals surface area contributed by atoms with E-state index in [1.165, 1.54) is 12.0 Å². The molecule has 0 radical (unpaired) electrons. The van der Waals surface area contributed by atoms with Crippen molar-refractivity contribution in [2.24, 2.45) is 5.92 Å². The Hall–Kier alpha value is -0.340. The summed E-state index contributed by atoms with van der Waals surface area (Å²) in [6, 6.07) is 0. The molecule has 74 valence electrons. The van der Waals surface area contributed by atoms with Gasteiger partial charge in [-0.25, -0.2) is 0 Å². The van der Waals surface area contributed by atoms with Gasteiger partial charge in [0.15, 0.2) is 0 Å². The Morgan fingerprint density at radius 1 is 1.46 bits per heavy atom. The van der Waals surface area contributed by atoms with Gasteiger partial charge in [-0.3, -0.25) is 0 Å². The molecule has 1 heterocycles. The smallest absolute Gasteiger partial charge is 0.0800 e. The Kier molecular flexibility index (Phi) is 3.01. The van der Waals surface area contributed by atoms with Gasteiger partial charge >= 0.3 is 0 Å². The van der Waals surface area contributed by atoms with E-state index in [1.807, 2.05) is 0 Å². The Labute approximate surface area is 79.6 Å². The van der Waals surface area contributed by atoms with Gasteiger partial charge in [-0.1, -0.05) is 6.08 Å². The Bertz CT molecular complexity index is 192. The molecule has 1 aliphatic carbocycles. The normalized spacial score (nSPS) is 31.5. The number of hydrogen-bond donors (Lipinski definition) is 1. The van der Waals surface area contributed by atoms with Crippen molar-refractivity contribution in [1.29, 1.82) is 0 Å². The number of ether oxygens (including phenoxy) is 1. The molecule has 0 amide bonds. The molecular formula is C11H18O2. The van der Waals surface area contributed by atoms with Crippen molar-refractivity contribution in [2.75, 3.05) is 13.2 Å². The van der Waals surface area contributed by atoms with E-state index in [0.717, 1.165) is 38.9 Å². The molecule has 2 nitrogen and oxygen atoms in total. The van der Waals surface area contributed by atoms with Crippen molar-refractivity contribution in [3.63, 3.8) is 0 Å². The highest BCUT2D eigenvalue weighted by atomic mass is 16.5. The summed E-state index contributed by atoms with van der Waals surface area (Å²) in [7, 11) is 0. The lowest BCUT2D eigenvalue weighted by atomic mass is 9.91. The first-order chi connectivity index (χ1) is 6.38. The minimum Gasteiger partial charge on any atom is -0.388 e. The molecule has 2 rings (SSSR count). The van der Waals surface area contributed by atoms with Gasteiger partial charge < -0.3 is 9.84 Å². The zero-order chi connectivity index (χ0) is 9.10. The molecule has 2 heteroatoms. The van der Waals surface area contributed by atoms with E-state index < -0.39 is 0 Å². The first kappa shape index (κ1) is 9.22. The summed E-state index contributed by atoms with van der Waals surface area (Å²) in [5, 5.41) is 10.0. The van der Waals surface area contributed by atoms with Crippen LogP contribution >= 0.6 is 0 Å². The summed E-state index contributed by atoms with van der Waals surface area (Å²) >= 11 is 0. The van der Waals surface area contributed by atoms with Crippen molar-refractivity contribution < 1.29 is 9.84 Å². The fourth-order valence-corrected chi connectivity index (χ4v) is 2.28. The number of rotatable bonds is 2. The van der Waals surface area contributed by atoms with Gasteiger partial charge in [-0.15, -0.1) is 0 Å². The second-order valence-electron chi connectivity index (χ2n) is 4.09. The Morgan fingerprint density at radius 3 is 3.00 bits per heavy atom. The second kappa shape index (κ2) is 4.25. The third-order valence-electron chi connectivity index (χ3n) is 3.10. The molecule has 1 saturated heterocycles. The van der Waals surface area contributed by atoms with Gasteiger partial charge in [-0.05, 0) is 37.7 Å². The Morgan fingerprint density at radius 2 is 2.38 bits per heavy atom. The van der Waals surface area contributed by atoms with E-state index in [4.69, 9.17) is 4.74 Å². The van der Waals surface area contributed by atoms with Gasteiger partial charge in [-0.2, -0.15) is 0 Å². The highest BCUT2D eigenvalue weighted by molar-refractivity contribution is 5.14. The van der Waals surface area contributed by atoms with Crippen LogP contribution in [-0.4, -0.2) is 24.4 Å². The average Bonchev–Trinajstić information content (AvgIpc) is 2.71. The van der Waals surface area contributed by atoms with Crippen LogP contribution in [0.5, 0.6) is 0 Å². The van der Waals surface area contributed by atoms with Crippen LogP contribution in [-0.2, 0) is 4.74 Å². The van der Waals surface area contributed by atoms with Gasteiger partial charge in [0, 0.05) is 12.5 Å². The van der Waals surface area contributed by atoms with Crippen LogP contribution in [0.25, 0.3) is 0 Å². The van der Waals surface area contributed by atoms with Crippen molar-refractivity contribution in [3.05, 3.63) is 11.6 Å². The van der Waals surface area contributed by atoms with E-state index >= 15 is 0 Å². The molecule has 2 unspecified atom stereocenters. The monoisotopic (exact) mass is 182 g/mol. The standard InChI is InChI=1S/C11H18O2/c12-11(9-4-1-2-5-9)10-6-3-7-13-8-10/h4,10-12H,1-3,5-8H2. The minimum atomic E-state index is -0.220. The molecule has 1 fully saturated rings.